The van der Waals surface area contributed by atoms with Crippen LogP contribution >= 0.6 is 11.8 Å². The molecule has 3 heterocycles. The summed E-state index contributed by atoms with van der Waals surface area (Å²) in [6.45, 7) is 2.33. The molecule has 2 atom stereocenters. The number of aromatic nitrogens is 2. The molecule has 2 fully saturated rings. The Balaban J connectivity index is 1.49. The molecule has 1 N–H and O–H groups in total. The Labute approximate surface area is 119 Å². The van der Waals surface area contributed by atoms with Crippen molar-refractivity contribution >= 4 is 11.8 Å². The standard InChI is InChI=1S/C14H23N3OS/c1-2-9-19-12(5-1)14-16-13(18-17-14)7-6-11-4-3-8-15-10-11/h11-12,15H,1-10H2. The Morgan fingerprint density at radius 1 is 1.26 bits per heavy atom. The lowest BCUT2D eigenvalue weighted by molar-refractivity contribution is 0.325. The summed E-state index contributed by atoms with van der Waals surface area (Å²) >= 11 is 1.98. The summed E-state index contributed by atoms with van der Waals surface area (Å²) in [6.07, 6.45) is 8.60. The van der Waals surface area contributed by atoms with E-state index in [-0.39, 0.29) is 0 Å². The fraction of sp³-hybridized carbons (Fsp3) is 0.857. The Bertz CT molecular complexity index is 384. The van der Waals surface area contributed by atoms with Crippen molar-refractivity contribution in [1.82, 2.24) is 15.5 Å². The summed E-state index contributed by atoms with van der Waals surface area (Å²) in [5.74, 6) is 3.80. The van der Waals surface area contributed by atoms with Crippen molar-refractivity contribution in [3.05, 3.63) is 11.7 Å². The van der Waals surface area contributed by atoms with Gasteiger partial charge < -0.3 is 9.84 Å². The van der Waals surface area contributed by atoms with Gasteiger partial charge in [0.05, 0.1) is 5.25 Å². The van der Waals surface area contributed by atoms with E-state index in [2.05, 4.69) is 15.5 Å². The molecular formula is C14H23N3OS. The average molecular weight is 281 g/mol. The highest BCUT2D eigenvalue weighted by molar-refractivity contribution is 7.99. The normalized spacial score (nSPS) is 28.4. The third-order valence-corrected chi connectivity index (χ3v) is 5.49. The lowest BCUT2D eigenvalue weighted by Crippen LogP contribution is -2.29. The number of rotatable bonds is 4. The molecule has 0 bridgehead atoms. The van der Waals surface area contributed by atoms with Gasteiger partial charge in [0.25, 0.3) is 0 Å². The lowest BCUT2D eigenvalue weighted by Gasteiger charge is -2.21. The fourth-order valence-corrected chi connectivity index (χ4v) is 4.18. The third kappa shape index (κ3) is 3.72. The minimum Gasteiger partial charge on any atom is -0.339 e. The first-order chi connectivity index (χ1) is 9.42. The molecule has 1 aromatic rings. The summed E-state index contributed by atoms with van der Waals surface area (Å²) in [4.78, 5) is 4.60. The lowest BCUT2D eigenvalue weighted by atomic mass is 9.95. The summed E-state index contributed by atoms with van der Waals surface area (Å²) in [5.41, 5.74) is 0. The van der Waals surface area contributed by atoms with Gasteiger partial charge in [0.2, 0.25) is 5.89 Å². The van der Waals surface area contributed by atoms with E-state index in [4.69, 9.17) is 4.52 Å². The van der Waals surface area contributed by atoms with Gasteiger partial charge in [-0.1, -0.05) is 11.6 Å². The molecule has 0 saturated carbocycles. The molecule has 0 aromatic carbocycles. The summed E-state index contributed by atoms with van der Waals surface area (Å²) < 4.78 is 5.41. The number of piperidine rings is 1. The first-order valence-corrected chi connectivity index (χ1v) is 8.61. The largest absolute Gasteiger partial charge is 0.339 e. The highest BCUT2D eigenvalue weighted by atomic mass is 32.2. The molecule has 0 radical (unpaired) electrons. The van der Waals surface area contributed by atoms with E-state index in [9.17, 15) is 0 Å². The van der Waals surface area contributed by atoms with Crippen LogP contribution in [0.4, 0.5) is 0 Å². The van der Waals surface area contributed by atoms with Crippen molar-refractivity contribution in [3.63, 3.8) is 0 Å². The SMILES string of the molecule is C1CCC(c2noc(CCC3CCCNC3)n2)SC1. The van der Waals surface area contributed by atoms with Crippen molar-refractivity contribution < 1.29 is 4.52 Å². The van der Waals surface area contributed by atoms with Gasteiger partial charge in [0.15, 0.2) is 5.82 Å². The second-order valence-corrected chi connectivity index (χ2v) is 6.96. The van der Waals surface area contributed by atoms with Crippen LogP contribution in [0.1, 0.15) is 55.5 Å². The van der Waals surface area contributed by atoms with E-state index in [0.29, 0.717) is 5.25 Å². The zero-order chi connectivity index (χ0) is 12.9. The molecule has 106 valence electrons. The van der Waals surface area contributed by atoms with Gasteiger partial charge >= 0.3 is 0 Å². The fourth-order valence-electron chi connectivity index (χ4n) is 2.94. The van der Waals surface area contributed by atoms with Crippen LogP contribution in [0, 0.1) is 5.92 Å². The van der Waals surface area contributed by atoms with Crippen molar-refractivity contribution in [2.45, 2.75) is 50.2 Å². The van der Waals surface area contributed by atoms with E-state index in [1.54, 1.807) is 0 Å². The Morgan fingerprint density at radius 3 is 3.05 bits per heavy atom. The van der Waals surface area contributed by atoms with E-state index < -0.39 is 0 Å². The van der Waals surface area contributed by atoms with E-state index in [1.165, 1.54) is 50.8 Å². The summed E-state index contributed by atoms with van der Waals surface area (Å²) in [5, 5.41) is 8.11. The molecule has 0 aliphatic carbocycles. The van der Waals surface area contributed by atoms with Gasteiger partial charge in [-0.25, -0.2) is 0 Å². The van der Waals surface area contributed by atoms with Gasteiger partial charge in [0.1, 0.15) is 0 Å². The van der Waals surface area contributed by atoms with Crippen LogP contribution in [-0.4, -0.2) is 29.0 Å². The van der Waals surface area contributed by atoms with Crippen LogP contribution in [0.15, 0.2) is 4.52 Å². The second kappa shape index (κ2) is 6.75. The predicted molar refractivity (Wildman–Crippen MR) is 77.3 cm³/mol. The van der Waals surface area contributed by atoms with Crippen molar-refractivity contribution in [3.8, 4) is 0 Å². The highest BCUT2D eigenvalue weighted by Crippen LogP contribution is 2.36. The number of thioether (sulfide) groups is 1. The van der Waals surface area contributed by atoms with E-state index in [0.717, 1.165) is 30.6 Å². The number of hydrogen-bond donors (Lipinski definition) is 1. The van der Waals surface area contributed by atoms with Crippen LogP contribution in [0.5, 0.6) is 0 Å². The van der Waals surface area contributed by atoms with Gasteiger partial charge in [-0.2, -0.15) is 16.7 Å². The van der Waals surface area contributed by atoms with Gasteiger partial charge in [-0.05, 0) is 56.9 Å². The summed E-state index contributed by atoms with van der Waals surface area (Å²) in [6, 6.07) is 0. The van der Waals surface area contributed by atoms with Gasteiger partial charge in [0, 0.05) is 6.42 Å². The molecule has 4 nitrogen and oxygen atoms in total. The Kier molecular flexibility index (Phi) is 4.77. The molecule has 2 aliphatic rings. The first-order valence-electron chi connectivity index (χ1n) is 7.56. The third-order valence-electron chi connectivity index (χ3n) is 4.12. The van der Waals surface area contributed by atoms with Crippen LogP contribution in [0.3, 0.4) is 0 Å². The second-order valence-electron chi connectivity index (χ2n) is 5.65. The minimum atomic E-state index is 0.475. The molecule has 2 unspecified atom stereocenters. The monoisotopic (exact) mass is 281 g/mol. The molecule has 0 amide bonds. The molecule has 2 aliphatic heterocycles. The maximum absolute atomic E-state index is 5.41. The average Bonchev–Trinajstić information content (AvgIpc) is 2.96. The number of hydrogen-bond acceptors (Lipinski definition) is 5. The maximum Gasteiger partial charge on any atom is 0.226 e. The quantitative estimate of drug-likeness (QED) is 0.919. The molecule has 5 heteroatoms. The van der Waals surface area contributed by atoms with Crippen LogP contribution in [0.25, 0.3) is 0 Å². The molecule has 2 saturated heterocycles. The van der Waals surface area contributed by atoms with Crippen LogP contribution < -0.4 is 5.32 Å². The molecule has 1 aromatic heterocycles. The first kappa shape index (κ1) is 13.4. The van der Waals surface area contributed by atoms with E-state index in [1.807, 2.05) is 11.8 Å². The van der Waals surface area contributed by atoms with Crippen molar-refractivity contribution in [2.75, 3.05) is 18.8 Å². The Hall–Kier alpha value is -0.550. The van der Waals surface area contributed by atoms with Gasteiger partial charge in [-0.15, -0.1) is 0 Å². The molecule has 19 heavy (non-hydrogen) atoms. The predicted octanol–water partition coefficient (Wildman–Crippen LogP) is 2.96. The highest BCUT2D eigenvalue weighted by Gasteiger charge is 2.22. The van der Waals surface area contributed by atoms with Crippen molar-refractivity contribution in [1.29, 1.82) is 0 Å². The topological polar surface area (TPSA) is 51.0 Å². The van der Waals surface area contributed by atoms with E-state index >= 15 is 0 Å². The Morgan fingerprint density at radius 2 is 2.26 bits per heavy atom. The molecule has 3 rings (SSSR count). The zero-order valence-electron chi connectivity index (χ0n) is 11.4. The minimum absolute atomic E-state index is 0.475. The van der Waals surface area contributed by atoms with Crippen molar-refractivity contribution in [2.24, 2.45) is 5.92 Å². The maximum atomic E-state index is 5.41. The molecule has 0 spiro atoms. The number of nitrogens with one attached hydrogen (secondary N) is 1. The van der Waals surface area contributed by atoms with Crippen LogP contribution in [-0.2, 0) is 6.42 Å². The number of nitrogens with zero attached hydrogens (tertiary/aromatic N) is 2. The smallest absolute Gasteiger partial charge is 0.226 e. The molecular weight excluding hydrogens is 258 g/mol. The van der Waals surface area contributed by atoms with Gasteiger partial charge in [-0.3, -0.25) is 0 Å². The summed E-state index contributed by atoms with van der Waals surface area (Å²) in [7, 11) is 0. The zero-order valence-corrected chi connectivity index (χ0v) is 12.3. The van der Waals surface area contributed by atoms with Crippen LogP contribution in [0.2, 0.25) is 0 Å². The number of aryl methyl sites for hydroxylation is 1.